The van der Waals surface area contributed by atoms with Crippen molar-refractivity contribution in [3.8, 4) is 0 Å². The van der Waals surface area contributed by atoms with E-state index in [0.29, 0.717) is 0 Å². The van der Waals surface area contributed by atoms with E-state index in [-0.39, 0.29) is 0 Å². The van der Waals surface area contributed by atoms with Crippen LogP contribution in [0.25, 0.3) is 0 Å². The second-order valence-electron chi connectivity index (χ2n) is 2.13. The molecule has 0 nitrogen and oxygen atoms in total. The minimum absolute atomic E-state index is 0.722. The topological polar surface area (TPSA) is 0 Å². The van der Waals surface area contributed by atoms with Crippen molar-refractivity contribution in [2.75, 3.05) is 0 Å². The molecule has 0 radical (unpaired) electrons. The van der Waals surface area contributed by atoms with E-state index < -0.39 is 0 Å². The van der Waals surface area contributed by atoms with Crippen molar-refractivity contribution in [1.29, 1.82) is 0 Å². The first-order valence-corrected chi connectivity index (χ1v) is 3.54. The summed E-state index contributed by atoms with van der Waals surface area (Å²) in [5.41, 5.74) is 2.53. The highest BCUT2D eigenvalue weighted by Crippen LogP contribution is 2.01. The van der Waals surface area contributed by atoms with Gasteiger partial charge in [0.2, 0.25) is 0 Å². The summed E-state index contributed by atoms with van der Waals surface area (Å²) in [7, 11) is 0. The van der Waals surface area contributed by atoms with Gasteiger partial charge in [0.1, 0.15) is 11.6 Å². The van der Waals surface area contributed by atoms with Gasteiger partial charge in [-0.15, -0.1) is 0 Å². The zero-order valence-electron chi connectivity index (χ0n) is 5.42. The molecule has 0 N–H and O–H groups in total. The molecule has 0 saturated heterocycles. The zero-order chi connectivity index (χ0) is 6.69. The van der Waals surface area contributed by atoms with Gasteiger partial charge in [-0.1, -0.05) is 29.8 Å². The molecule has 9 heavy (non-hydrogen) atoms. The van der Waals surface area contributed by atoms with Crippen molar-refractivity contribution < 1.29 is 11.6 Å². The van der Waals surface area contributed by atoms with Gasteiger partial charge < -0.3 is 0 Å². The molecule has 0 aromatic heterocycles. The standard InChI is InChI=1S/C8H10Cl/c1-7-2-4-8(6-9)5-3-7/h2-5,9H,6H2,1H3/q+1. The monoisotopic (exact) mass is 141 g/mol. The van der Waals surface area contributed by atoms with Gasteiger partial charge in [0.25, 0.3) is 0 Å². The average molecular weight is 142 g/mol. The van der Waals surface area contributed by atoms with Gasteiger partial charge >= 0.3 is 0 Å². The van der Waals surface area contributed by atoms with Gasteiger partial charge in [-0.05, 0) is 6.92 Å². The first-order valence-electron chi connectivity index (χ1n) is 2.96. The maximum Gasteiger partial charge on any atom is 0.195 e. The minimum Gasteiger partial charge on any atom is -0.0589 e. The van der Waals surface area contributed by atoms with E-state index in [9.17, 15) is 0 Å². The predicted octanol–water partition coefficient (Wildman–Crippen LogP) is 1.78. The Labute approximate surface area is 60.5 Å². The van der Waals surface area contributed by atoms with E-state index in [1.807, 2.05) is 0 Å². The molecule has 0 fully saturated rings. The third-order valence-corrected chi connectivity index (χ3v) is 1.62. The summed E-state index contributed by atoms with van der Waals surface area (Å²) in [5, 5.41) is 0. The second-order valence-corrected chi connectivity index (χ2v) is 2.42. The fraction of sp³-hybridized carbons (Fsp3) is 0.250. The van der Waals surface area contributed by atoms with Crippen molar-refractivity contribution >= 4 is 0 Å². The molecular formula is C8H10Cl+. The summed E-state index contributed by atoms with van der Waals surface area (Å²) in [4.78, 5) is 0. The number of benzene rings is 1. The molecule has 0 heterocycles. The molecule has 0 aliphatic rings. The van der Waals surface area contributed by atoms with Crippen LogP contribution in [0.1, 0.15) is 11.1 Å². The molecule has 0 spiro atoms. The lowest BCUT2D eigenvalue weighted by molar-refractivity contribution is -0.386. The Morgan fingerprint density at radius 3 is 2.22 bits per heavy atom. The number of rotatable bonds is 1. The van der Waals surface area contributed by atoms with Crippen molar-refractivity contribution in [2.45, 2.75) is 12.8 Å². The molecular weight excluding hydrogens is 132 g/mol. The lowest BCUT2D eigenvalue weighted by atomic mass is 10.2. The largest absolute Gasteiger partial charge is 0.195 e. The molecule has 1 heteroatoms. The average Bonchev–Trinajstić information content (AvgIpc) is 1.90. The van der Waals surface area contributed by atoms with Crippen LogP contribution in [-0.4, -0.2) is 0 Å². The molecule has 1 rings (SSSR count). The smallest absolute Gasteiger partial charge is 0.0589 e. The molecule has 0 saturated carbocycles. The molecule has 48 valence electrons. The van der Waals surface area contributed by atoms with Crippen LogP contribution < -0.4 is 0 Å². The number of aryl methyl sites for hydroxylation is 1. The summed E-state index contributed by atoms with van der Waals surface area (Å²) < 4.78 is 0. The Balaban J connectivity index is 2.88. The van der Waals surface area contributed by atoms with E-state index in [4.69, 9.17) is 11.6 Å². The SMILES string of the molecule is Cc1ccc(C[ClH+])cc1. The zero-order valence-corrected chi connectivity index (χ0v) is 6.24. The van der Waals surface area contributed by atoms with Gasteiger partial charge in [0.15, 0.2) is 5.88 Å². The van der Waals surface area contributed by atoms with E-state index in [1.54, 1.807) is 0 Å². The van der Waals surface area contributed by atoms with Crippen LogP contribution in [0, 0.1) is 18.5 Å². The summed E-state index contributed by atoms with van der Waals surface area (Å²) >= 11 is 4.86. The van der Waals surface area contributed by atoms with E-state index >= 15 is 0 Å². The lowest BCUT2D eigenvalue weighted by Gasteiger charge is -1.90. The fourth-order valence-corrected chi connectivity index (χ4v) is 0.877. The Hall–Kier alpha value is -0.490. The minimum atomic E-state index is 0.722. The van der Waals surface area contributed by atoms with Crippen LogP contribution in [0.2, 0.25) is 0 Å². The first-order chi connectivity index (χ1) is 4.33. The maximum atomic E-state index is 4.86. The van der Waals surface area contributed by atoms with Gasteiger partial charge in [-0.2, -0.15) is 0 Å². The van der Waals surface area contributed by atoms with Gasteiger partial charge in [0.05, 0.1) is 0 Å². The van der Waals surface area contributed by atoms with Crippen LogP contribution >= 0.6 is 0 Å². The van der Waals surface area contributed by atoms with E-state index in [2.05, 4.69) is 31.2 Å². The summed E-state index contributed by atoms with van der Waals surface area (Å²) in [6.07, 6.45) is 0. The molecule has 0 amide bonds. The van der Waals surface area contributed by atoms with Gasteiger partial charge in [-0.3, -0.25) is 0 Å². The number of hydrogen-bond donors (Lipinski definition) is 0. The molecule has 1 aromatic rings. The predicted molar refractivity (Wildman–Crippen MR) is 36.3 cm³/mol. The van der Waals surface area contributed by atoms with Gasteiger partial charge in [-0.25, -0.2) is 0 Å². The van der Waals surface area contributed by atoms with Crippen molar-refractivity contribution in [3.63, 3.8) is 0 Å². The van der Waals surface area contributed by atoms with Crippen LogP contribution in [-0.2, 0) is 5.88 Å². The molecule has 0 aliphatic heterocycles. The molecule has 0 unspecified atom stereocenters. The summed E-state index contributed by atoms with van der Waals surface area (Å²) in [6.45, 7) is 2.08. The van der Waals surface area contributed by atoms with Crippen LogP contribution in [0.4, 0.5) is 0 Å². The van der Waals surface area contributed by atoms with E-state index in [1.165, 1.54) is 11.1 Å². The lowest BCUT2D eigenvalue weighted by Crippen LogP contribution is -1.78. The third-order valence-electron chi connectivity index (χ3n) is 1.29. The van der Waals surface area contributed by atoms with Crippen molar-refractivity contribution in [2.24, 2.45) is 0 Å². The Morgan fingerprint density at radius 2 is 1.78 bits per heavy atom. The van der Waals surface area contributed by atoms with Crippen LogP contribution in [0.5, 0.6) is 0 Å². The van der Waals surface area contributed by atoms with E-state index in [0.717, 1.165) is 5.88 Å². The number of alkyl halides is 1. The number of halogens is 1. The quantitative estimate of drug-likeness (QED) is 0.523. The normalized spacial score (nSPS) is 9.56. The van der Waals surface area contributed by atoms with Crippen LogP contribution in [0.15, 0.2) is 24.3 Å². The first kappa shape index (κ1) is 6.63. The van der Waals surface area contributed by atoms with Crippen molar-refractivity contribution in [3.05, 3.63) is 35.4 Å². The van der Waals surface area contributed by atoms with Crippen LogP contribution in [0.3, 0.4) is 0 Å². The Morgan fingerprint density at radius 1 is 1.22 bits per heavy atom. The molecule has 0 bridgehead atoms. The highest BCUT2D eigenvalue weighted by molar-refractivity contribution is 5.20. The highest BCUT2D eigenvalue weighted by Gasteiger charge is 1.91. The maximum absolute atomic E-state index is 4.86. The molecule has 0 aliphatic carbocycles. The second kappa shape index (κ2) is 2.88. The highest BCUT2D eigenvalue weighted by atomic mass is 35.5. The molecule has 0 atom stereocenters. The Bertz CT molecular complexity index is 176. The Kier molecular flexibility index (Phi) is 2.12. The van der Waals surface area contributed by atoms with Crippen molar-refractivity contribution in [1.82, 2.24) is 0 Å². The van der Waals surface area contributed by atoms with Gasteiger partial charge in [0, 0.05) is 5.56 Å². The molecule has 1 aromatic carbocycles. The third kappa shape index (κ3) is 1.72. The fourth-order valence-electron chi connectivity index (χ4n) is 0.684. The summed E-state index contributed by atoms with van der Waals surface area (Å²) in [5.74, 6) is 0.722. The summed E-state index contributed by atoms with van der Waals surface area (Å²) in [6, 6.07) is 8.31. The number of hydrogen-bond acceptors (Lipinski definition) is 0.